The van der Waals surface area contributed by atoms with E-state index in [-0.39, 0.29) is 6.54 Å². The normalized spacial score (nSPS) is 17.5. The van der Waals surface area contributed by atoms with Gasteiger partial charge in [-0.15, -0.1) is 0 Å². The Morgan fingerprint density at radius 3 is 2.75 bits per heavy atom. The summed E-state index contributed by atoms with van der Waals surface area (Å²) in [5, 5.41) is 15.1. The van der Waals surface area contributed by atoms with E-state index in [4.69, 9.17) is 9.63 Å². The Morgan fingerprint density at radius 1 is 1.56 bits per heavy atom. The number of carboxylic acid groups (broad SMARTS) is 1. The highest BCUT2D eigenvalue weighted by Gasteiger charge is 2.51. The van der Waals surface area contributed by atoms with Crippen LogP contribution in [0.5, 0.6) is 0 Å². The molecule has 1 saturated carbocycles. The summed E-state index contributed by atoms with van der Waals surface area (Å²) in [5.74, 6) is -0.982. The van der Waals surface area contributed by atoms with Gasteiger partial charge in [0, 0.05) is 6.07 Å². The zero-order chi connectivity index (χ0) is 11.6. The molecule has 1 heterocycles. The van der Waals surface area contributed by atoms with Crippen molar-refractivity contribution in [2.75, 3.05) is 0 Å². The van der Waals surface area contributed by atoms with E-state index in [0.717, 1.165) is 6.42 Å². The Morgan fingerprint density at radius 2 is 2.31 bits per heavy atom. The van der Waals surface area contributed by atoms with Crippen LogP contribution in [0, 0.1) is 5.41 Å². The van der Waals surface area contributed by atoms with Crippen molar-refractivity contribution in [2.24, 2.45) is 5.41 Å². The summed E-state index contributed by atoms with van der Waals surface area (Å²) in [5.41, 5.74) is -1.22. The van der Waals surface area contributed by atoms with Gasteiger partial charge in [-0.05, 0) is 12.8 Å². The van der Waals surface area contributed by atoms with Crippen LogP contribution >= 0.6 is 0 Å². The largest absolute Gasteiger partial charge is 0.480 e. The van der Waals surface area contributed by atoms with E-state index < -0.39 is 17.3 Å². The van der Waals surface area contributed by atoms with Crippen LogP contribution in [-0.4, -0.2) is 22.1 Å². The van der Waals surface area contributed by atoms with Gasteiger partial charge < -0.3 is 14.9 Å². The standard InChI is InChI=1S/C10H12N2O4/c13-8(10(9(14)15)3-1-4-10)11-6-7-2-5-12-16-7/h2,5H,1,3-4,6H2,(H,11,13)(H,14,15). The van der Waals surface area contributed by atoms with Crippen molar-refractivity contribution in [3.8, 4) is 0 Å². The molecule has 86 valence electrons. The lowest BCUT2D eigenvalue weighted by Crippen LogP contribution is -2.50. The molecule has 1 fully saturated rings. The zero-order valence-corrected chi connectivity index (χ0v) is 8.60. The third kappa shape index (κ3) is 1.66. The van der Waals surface area contributed by atoms with Crippen molar-refractivity contribution in [2.45, 2.75) is 25.8 Å². The molecule has 6 nitrogen and oxygen atoms in total. The fourth-order valence-corrected chi connectivity index (χ4v) is 1.74. The fraction of sp³-hybridized carbons (Fsp3) is 0.500. The third-order valence-electron chi connectivity index (χ3n) is 2.97. The summed E-state index contributed by atoms with van der Waals surface area (Å²) in [6.07, 6.45) is 3.06. The van der Waals surface area contributed by atoms with Crippen LogP contribution in [0.4, 0.5) is 0 Å². The summed E-state index contributed by atoms with van der Waals surface area (Å²) < 4.78 is 4.80. The van der Waals surface area contributed by atoms with Crippen LogP contribution < -0.4 is 5.32 Å². The third-order valence-corrected chi connectivity index (χ3v) is 2.97. The number of amides is 1. The minimum Gasteiger partial charge on any atom is -0.480 e. The first-order chi connectivity index (χ1) is 7.65. The van der Waals surface area contributed by atoms with Gasteiger partial charge >= 0.3 is 5.97 Å². The van der Waals surface area contributed by atoms with Crippen molar-refractivity contribution >= 4 is 11.9 Å². The molecule has 1 aromatic heterocycles. The van der Waals surface area contributed by atoms with Gasteiger partial charge in [-0.25, -0.2) is 0 Å². The molecule has 16 heavy (non-hydrogen) atoms. The first kappa shape index (κ1) is 10.7. The number of hydrogen-bond donors (Lipinski definition) is 2. The summed E-state index contributed by atoms with van der Waals surface area (Å²) in [4.78, 5) is 22.7. The maximum absolute atomic E-state index is 11.7. The predicted molar refractivity (Wildman–Crippen MR) is 52.3 cm³/mol. The Balaban J connectivity index is 1.95. The fourth-order valence-electron chi connectivity index (χ4n) is 1.74. The topological polar surface area (TPSA) is 92.4 Å². The quantitative estimate of drug-likeness (QED) is 0.728. The maximum atomic E-state index is 11.7. The lowest BCUT2D eigenvalue weighted by atomic mass is 9.68. The lowest BCUT2D eigenvalue weighted by molar-refractivity contribution is -0.162. The number of nitrogens with one attached hydrogen (secondary N) is 1. The summed E-state index contributed by atoms with van der Waals surface area (Å²) >= 11 is 0. The smallest absolute Gasteiger partial charge is 0.319 e. The monoisotopic (exact) mass is 224 g/mol. The average molecular weight is 224 g/mol. The summed E-state index contributed by atoms with van der Waals surface area (Å²) in [6.45, 7) is 0.174. The molecule has 1 aromatic rings. The maximum Gasteiger partial charge on any atom is 0.319 e. The van der Waals surface area contributed by atoms with Crippen molar-refractivity contribution in [3.63, 3.8) is 0 Å². The molecule has 6 heteroatoms. The van der Waals surface area contributed by atoms with E-state index in [9.17, 15) is 9.59 Å². The molecule has 0 spiro atoms. The van der Waals surface area contributed by atoms with Crippen LogP contribution in [0.25, 0.3) is 0 Å². The van der Waals surface area contributed by atoms with E-state index in [1.54, 1.807) is 6.07 Å². The molecule has 0 bridgehead atoms. The van der Waals surface area contributed by atoms with Crippen LogP contribution in [-0.2, 0) is 16.1 Å². The van der Waals surface area contributed by atoms with Crippen LogP contribution in [0.1, 0.15) is 25.0 Å². The van der Waals surface area contributed by atoms with Crippen molar-refractivity contribution in [1.82, 2.24) is 10.5 Å². The Kier molecular flexibility index (Phi) is 2.64. The first-order valence-corrected chi connectivity index (χ1v) is 5.06. The molecule has 1 amide bonds. The number of nitrogens with zero attached hydrogens (tertiary/aromatic N) is 1. The molecular formula is C10H12N2O4. The lowest BCUT2D eigenvalue weighted by Gasteiger charge is -2.35. The number of aromatic nitrogens is 1. The van der Waals surface area contributed by atoms with E-state index in [1.165, 1.54) is 6.20 Å². The predicted octanol–water partition coefficient (Wildman–Crippen LogP) is 0.546. The SMILES string of the molecule is O=C(O)C1(C(=O)NCc2ccno2)CCC1. The molecule has 0 atom stereocenters. The van der Waals surface area contributed by atoms with E-state index in [1.807, 2.05) is 0 Å². The molecular weight excluding hydrogens is 212 g/mol. The number of aliphatic carboxylic acids is 1. The second kappa shape index (κ2) is 3.96. The molecule has 0 aliphatic heterocycles. The highest BCUT2D eigenvalue weighted by atomic mass is 16.5. The van der Waals surface area contributed by atoms with Crippen LogP contribution in [0.15, 0.2) is 16.8 Å². The van der Waals surface area contributed by atoms with Crippen LogP contribution in [0.2, 0.25) is 0 Å². The van der Waals surface area contributed by atoms with Gasteiger partial charge in [0.2, 0.25) is 5.91 Å². The molecule has 2 rings (SSSR count). The van der Waals surface area contributed by atoms with Crippen molar-refractivity contribution in [3.05, 3.63) is 18.0 Å². The Bertz CT molecular complexity index is 395. The summed E-state index contributed by atoms with van der Waals surface area (Å²) in [7, 11) is 0. The van der Waals surface area contributed by atoms with E-state index >= 15 is 0 Å². The van der Waals surface area contributed by atoms with Gasteiger partial charge in [0.25, 0.3) is 0 Å². The molecule has 1 aliphatic rings. The molecule has 2 N–H and O–H groups in total. The summed E-state index contributed by atoms with van der Waals surface area (Å²) in [6, 6.07) is 1.62. The molecule has 0 unspecified atom stereocenters. The number of rotatable bonds is 4. The van der Waals surface area contributed by atoms with Gasteiger partial charge in [-0.2, -0.15) is 0 Å². The number of hydrogen-bond acceptors (Lipinski definition) is 4. The highest BCUT2D eigenvalue weighted by molar-refractivity contribution is 6.02. The number of carboxylic acids is 1. The second-order valence-electron chi connectivity index (χ2n) is 3.90. The van der Waals surface area contributed by atoms with E-state index in [0.29, 0.717) is 18.6 Å². The van der Waals surface area contributed by atoms with Crippen LogP contribution in [0.3, 0.4) is 0 Å². The van der Waals surface area contributed by atoms with E-state index in [2.05, 4.69) is 10.5 Å². The Labute approximate surface area is 91.6 Å². The minimum atomic E-state index is -1.22. The highest BCUT2D eigenvalue weighted by Crippen LogP contribution is 2.41. The van der Waals surface area contributed by atoms with Gasteiger partial charge in [-0.1, -0.05) is 11.6 Å². The first-order valence-electron chi connectivity index (χ1n) is 5.06. The van der Waals surface area contributed by atoms with Gasteiger partial charge in [-0.3, -0.25) is 9.59 Å². The van der Waals surface area contributed by atoms with Crippen molar-refractivity contribution < 1.29 is 19.2 Å². The van der Waals surface area contributed by atoms with Crippen molar-refractivity contribution in [1.29, 1.82) is 0 Å². The molecule has 0 saturated heterocycles. The minimum absolute atomic E-state index is 0.174. The molecule has 0 radical (unpaired) electrons. The zero-order valence-electron chi connectivity index (χ0n) is 8.60. The molecule has 0 aromatic carbocycles. The average Bonchev–Trinajstić information content (AvgIpc) is 2.64. The molecule has 1 aliphatic carbocycles. The number of carbonyl (C=O) groups excluding carboxylic acids is 1. The number of carbonyl (C=O) groups is 2. The van der Waals surface area contributed by atoms with Gasteiger partial charge in [0.1, 0.15) is 5.41 Å². The van der Waals surface area contributed by atoms with Gasteiger partial charge in [0.15, 0.2) is 5.76 Å². The second-order valence-corrected chi connectivity index (χ2v) is 3.90. The Hall–Kier alpha value is -1.85. The van der Waals surface area contributed by atoms with Gasteiger partial charge in [0.05, 0.1) is 12.7 Å².